The Morgan fingerprint density at radius 2 is 1.81 bits per heavy atom. The van der Waals surface area contributed by atoms with Crippen LogP contribution in [0.5, 0.6) is 5.75 Å². The highest BCUT2D eigenvalue weighted by atomic mass is 35.5. The summed E-state index contributed by atoms with van der Waals surface area (Å²) in [5, 5.41) is 9.60. The van der Waals surface area contributed by atoms with E-state index in [0.29, 0.717) is 24.3 Å². The van der Waals surface area contributed by atoms with Crippen molar-refractivity contribution in [3.05, 3.63) is 59.4 Å². The number of carbonyl (C=O) groups excluding carboxylic acids is 1. The van der Waals surface area contributed by atoms with Crippen LogP contribution in [-0.4, -0.2) is 47.0 Å². The number of benzene rings is 2. The summed E-state index contributed by atoms with van der Waals surface area (Å²) in [4.78, 5) is 16.7. The van der Waals surface area contributed by atoms with E-state index in [1.54, 1.807) is 23.1 Å². The molecule has 2 aromatic carbocycles. The van der Waals surface area contributed by atoms with Crippen LogP contribution in [0.1, 0.15) is 22.3 Å². The first-order valence-corrected chi connectivity index (χ1v) is 8.37. The lowest BCUT2D eigenvalue weighted by atomic mass is 10.1. The van der Waals surface area contributed by atoms with Gasteiger partial charge >= 0.3 is 0 Å². The molecule has 0 bridgehead atoms. The minimum Gasteiger partial charge on any atom is -0.508 e. The van der Waals surface area contributed by atoms with Crippen LogP contribution in [0, 0.1) is 5.82 Å². The molecule has 3 N–H and O–H groups in total. The molecule has 1 aliphatic rings. The number of anilines is 1. The summed E-state index contributed by atoms with van der Waals surface area (Å²) in [6.45, 7) is 3.58. The molecule has 0 radical (unpaired) electrons. The molecule has 1 saturated heterocycles. The van der Waals surface area contributed by atoms with Crippen LogP contribution in [0.25, 0.3) is 0 Å². The quantitative estimate of drug-likeness (QED) is 0.635. The van der Waals surface area contributed by atoms with Gasteiger partial charge in [-0.3, -0.25) is 9.69 Å². The zero-order valence-corrected chi connectivity index (χ0v) is 15.2. The lowest BCUT2D eigenvalue weighted by molar-refractivity contribution is 0.0761. The number of nitrogens with zero attached hydrogens (tertiary/aromatic N) is 2. The monoisotopic (exact) mass is 379 g/mol. The second-order valence-corrected chi connectivity index (χ2v) is 6.32. The highest BCUT2D eigenvalue weighted by Gasteiger charge is 2.22. The Kier molecular flexibility index (Phi) is 6.83. The Morgan fingerprint density at radius 3 is 2.54 bits per heavy atom. The molecule has 26 heavy (non-hydrogen) atoms. The SMILES string of the molecule is Cl.Nc1ccc(O)cc1C(=O)N1CCCN(Cc2ccc(F)cc2)CC1. The third kappa shape index (κ3) is 4.86. The highest BCUT2D eigenvalue weighted by molar-refractivity contribution is 5.99. The fourth-order valence-corrected chi connectivity index (χ4v) is 3.08. The molecule has 0 saturated carbocycles. The Morgan fingerprint density at radius 1 is 1.08 bits per heavy atom. The molecule has 1 amide bonds. The number of rotatable bonds is 3. The molecular weight excluding hydrogens is 357 g/mol. The number of halogens is 2. The fourth-order valence-electron chi connectivity index (χ4n) is 3.08. The first-order valence-electron chi connectivity index (χ1n) is 8.37. The normalized spacial score (nSPS) is 15.2. The molecule has 1 fully saturated rings. The van der Waals surface area contributed by atoms with Crippen molar-refractivity contribution >= 4 is 24.0 Å². The van der Waals surface area contributed by atoms with Gasteiger partial charge in [0.25, 0.3) is 5.91 Å². The van der Waals surface area contributed by atoms with Crippen molar-refractivity contribution < 1.29 is 14.3 Å². The molecule has 0 spiro atoms. The Hall–Kier alpha value is -2.31. The largest absolute Gasteiger partial charge is 0.508 e. The van der Waals surface area contributed by atoms with Crippen LogP contribution >= 0.6 is 12.4 Å². The van der Waals surface area contributed by atoms with E-state index >= 15 is 0 Å². The van der Waals surface area contributed by atoms with Gasteiger partial charge in [0, 0.05) is 38.4 Å². The molecule has 3 rings (SSSR count). The highest BCUT2D eigenvalue weighted by Crippen LogP contribution is 2.21. The number of aromatic hydroxyl groups is 1. The van der Waals surface area contributed by atoms with Crippen LogP contribution < -0.4 is 5.73 Å². The second-order valence-electron chi connectivity index (χ2n) is 6.32. The topological polar surface area (TPSA) is 69.8 Å². The van der Waals surface area contributed by atoms with Crippen LogP contribution in [0.3, 0.4) is 0 Å². The van der Waals surface area contributed by atoms with Crippen molar-refractivity contribution in [2.24, 2.45) is 0 Å². The number of hydrogen-bond donors (Lipinski definition) is 2. The maximum Gasteiger partial charge on any atom is 0.256 e. The maximum absolute atomic E-state index is 13.0. The molecule has 1 heterocycles. The van der Waals surface area contributed by atoms with Crippen LogP contribution in [0.4, 0.5) is 10.1 Å². The zero-order valence-electron chi connectivity index (χ0n) is 14.4. The number of nitrogen functional groups attached to an aromatic ring is 1. The first-order chi connectivity index (χ1) is 12.0. The summed E-state index contributed by atoms with van der Waals surface area (Å²) in [6.07, 6.45) is 0.853. The van der Waals surface area contributed by atoms with Crippen LogP contribution in [-0.2, 0) is 6.54 Å². The smallest absolute Gasteiger partial charge is 0.256 e. The van der Waals surface area contributed by atoms with Gasteiger partial charge < -0.3 is 15.7 Å². The molecule has 5 nitrogen and oxygen atoms in total. The molecule has 1 aliphatic heterocycles. The van der Waals surface area contributed by atoms with Crippen molar-refractivity contribution in [2.75, 3.05) is 31.9 Å². The lowest BCUT2D eigenvalue weighted by Gasteiger charge is -2.22. The second kappa shape index (κ2) is 8.87. The van der Waals surface area contributed by atoms with Crippen molar-refractivity contribution in [1.29, 1.82) is 0 Å². The molecule has 0 aromatic heterocycles. The predicted octanol–water partition coefficient (Wildman–Crippen LogP) is 2.88. The van der Waals surface area contributed by atoms with E-state index in [1.807, 2.05) is 0 Å². The molecule has 7 heteroatoms. The number of amides is 1. The lowest BCUT2D eigenvalue weighted by Crippen LogP contribution is -2.35. The number of hydrogen-bond acceptors (Lipinski definition) is 4. The van der Waals surface area contributed by atoms with Gasteiger partial charge in [0.15, 0.2) is 0 Å². The van der Waals surface area contributed by atoms with E-state index in [-0.39, 0.29) is 29.9 Å². The van der Waals surface area contributed by atoms with Gasteiger partial charge in [-0.05, 0) is 42.3 Å². The molecule has 0 atom stereocenters. The van der Waals surface area contributed by atoms with Crippen molar-refractivity contribution in [3.8, 4) is 5.75 Å². The van der Waals surface area contributed by atoms with Gasteiger partial charge in [-0.1, -0.05) is 12.1 Å². The zero-order chi connectivity index (χ0) is 17.8. The van der Waals surface area contributed by atoms with Gasteiger partial charge in [-0.2, -0.15) is 0 Å². The number of phenols is 1. The summed E-state index contributed by atoms with van der Waals surface area (Å²) < 4.78 is 13.0. The minimum atomic E-state index is -0.236. The fraction of sp³-hybridized carbons (Fsp3) is 0.316. The van der Waals surface area contributed by atoms with E-state index in [1.165, 1.54) is 24.3 Å². The number of nitrogens with two attached hydrogens (primary N) is 1. The van der Waals surface area contributed by atoms with Gasteiger partial charge in [0.1, 0.15) is 11.6 Å². The predicted molar refractivity (Wildman–Crippen MR) is 102 cm³/mol. The van der Waals surface area contributed by atoms with Gasteiger partial charge in [-0.25, -0.2) is 4.39 Å². The summed E-state index contributed by atoms with van der Waals surface area (Å²) in [5.41, 5.74) is 7.64. The third-order valence-corrected chi connectivity index (χ3v) is 4.46. The third-order valence-electron chi connectivity index (χ3n) is 4.46. The van der Waals surface area contributed by atoms with E-state index in [4.69, 9.17) is 5.73 Å². The van der Waals surface area contributed by atoms with Gasteiger partial charge in [0.05, 0.1) is 5.56 Å². The Labute approximate surface area is 158 Å². The molecule has 0 aliphatic carbocycles. The van der Waals surface area contributed by atoms with Crippen molar-refractivity contribution in [1.82, 2.24) is 9.80 Å². The Balaban J connectivity index is 0.00000243. The summed E-state index contributed by atoms with van der Waals surface area (Å²) in [6, 6.07) is 10.9. The first kappa shape index (κ1) is 20.0. The van der Waals surface area contributed by atoms with E-state index in [9.17, 15) is 14.3 Å². The van der Waals surface area contributed by atoms with Crippen LogP contribution in [0.2, 0.25) is 0 Å². The standard InChI is InChI=1S/C19H22FN3O2.ClH/c20-15-4-2-14(3-5-15)13-22-8-1-9-23(11-10-22)19(25)17-12-16(24)6-7-18(17)21;/h2-7,12,24H,1,8-11,13,21H2;1H. The number of phenolic OH excluding ortho intramolecular Hbond substituents is 1. The van der Waals surface area contributed by atoms with E-state index in [2.05, 4.69) is 4.90 Å². The van der Waals surface area contributed by atoms with Gasteiger partial charge in [-0.15, -0.1) is 12.4 Å². The molecular formula is C19H23ClFN3O2. The minimum absolute atomic E-state index is 0. The molecule has 140 valence electrons. The summed E-state index contributed by atoms with van der Waals surface area (Å²) in [7, 11) is 0. The van der Waals surface area contributed by atoms with Crippen LogP contribution in [0.15, 0.2) is 42.5 Å². The average molecular weight is 380 g/mol. The Bertz CT molecular complexity index is 755. The van der Waals surface area contributed by atoms with E-state index < -0.39 is 0 Å². The van der Waals surface area contributed by atoms with Crippen molar-refractivity contribution in [2.45, 2.75) is 13.0 Å². The number of carbonyl (C=O) groups is 1. The maximum atomic E-state index is 13.0. The molecule has 0 unspecified atom stereocenters. The molecule has 2 aromatic rings. The van der Waals surface area contributed by atoms with E-state index in [0.717, 1.165) is 31.6 Å². The van der Waals surface area contributed by atoms with Gasteiger partial charge in [0.2, 0.25) is 0 Å². The average Bonchev–Trinajstić information content (AvgIpc) is 2.84. The summed E-state index contributed by atoms with van der Waals surface area (Å²) >= 11 is 0. The van der Waals surface area contributed by atoms with Crippen molar-refractivity contribution in [3.63, 3.8) is 0 Å². The summed E-state index contributed by atoms with van der Waals surface area (Å²) in [5.74, 6) is -0.359.